The number of aromatic nitrogens is 2. The maximum Gasteiger partial charge on any atom is 0.328 e. The number of amides is 1. The van der Waals surface area contributed by atoms with Gasteiger partial charge < -0.3 is 20.2 Å². The monoisotopic (exact) mass is 390 g/mol. The summed E-state index contributed by atoms with van der Waals surface area (Å²) in [6.07, 6.45) is 1.49. The Morgan fingerprint density at radius 1 is 1.17 bits per heavy atom. The van der Waals surface area contributed by atoms with Crippen LogP contribution in [0.4, 0.5) is 5.82 Å². The largest absolute Gasteiger partial charge is 0.467 e. The van der Waals surface area contributed by atoms with E-state index in [4.69, 9.17) is 14.9 Å². The van der Waals surface area contributed by atoms with Gasteiger partial charge in [0.05, 0.1) is 12.6 Å². The molecule has 4 aromatic rings. The zero-order chi connectivity index (χ0) is 20.4. The van der Waals surface area contributed by atoms with Crippen LogP contribution < -0.4 is 11.1 Å². The molecule has 4 rings (SSSR count). The maximum atomic E-state index is 12.7. The molecule has 0 spiro atoms. The number of hydrogen-bond donors (Lipinski definition) is 2. The van der Waals surface area contributed by atoms with Crippen LogP contribution in [-0.2, 0) is 16.0 Å². The summed E-state index contributed by atoms with van der Waals surface area (Å²) in [5.74, 6) is -0.0954. The molecule has 2 aromatic heterocycles. The van der Waals surface area contributed by atoms with Crippen molar-refractivity contribution >= 4 is 39.6 Å². The Labute approximate surface area is 165 Å². The predicted octanol–water partition coefficient (Wildman–Crippen LogP) is 2.47. The number of rotatable bonds is 5. The number of methoxy groups -OCH3 is 1. The summed E-state index contributed by atoms with van der Waals surface area (Å²) < 4.78 is 10.6. The molecule has 0 aliphatic rings. The second kappa shape index (κ2) is 7.59. The standard InChI is InChI=1S/C21H18N4O4/c1-28-21(27)17(10-14-8-12-4-2-3-5-18(12)29-14)25-20(26)13-6-7-15-16(9-13)23-11-24-19(15)22/h2-9,11,17H,10H2,1H3,(H,25,26)(H2,22,23,24). The molecule has 29 heavy (non-hydrogen) atoms. The van der Waals surface area contributed by atoms with Crippen molar-refractivity contribution in [2.24, 2.45) is 0 Å². The van der Waals surface area contributed by atoms with E-state index in [-0.39, 0.29) is 6.42 Å². The van der Waals surface area contributed by atoms with Crippen LogP contribution in [0.5, 0.6) is 0 Å². The first-order valence-electron chi connectivity index (χ1n) is 8.91. The lowest BCUT2D eigenvalue weighted by Gasteiger charge is -2.15. The Hall–Kier alpha value is -3.94. The van der Waals surface area contributed by atoms with Gasteiger partial charge in [-0.15, -0.1) is 0 Å². The van der Waals surface area contributed by atoms with E-state index in [2.05, 4.69) is 15.3 Å². The SMILES string of the molecule is COC(=O)C(Cc1cc2ccccc2o1)NC(=O)c1ccc2c(N)ncnc2c1. The molecule has 0 aliphatic heterocycles. The van der Waals surface area contributed by atoms with Crippen molar-refractivity contribution in [2.45, 2.75) is 12.5 Å². The lowest BCUT2D eigenvalue weighted by molar-refractivity contribution is -0.142. The quantitative estimate of drug-likeness (QED) is 0.502. The number of nitrogens with one attached hydrogen (secondary N) is 1. The van der Waals surface area contributed by atoms with E-state index in [1.165, 1.54) is 13.4 Å². The number of nitrogens with two attached hydrogens (primary N) is 1. The summed E-state index contributed by atoms with van der Waals surface area (Å²) in [4.78, 5) is 33.0. The normalized spacial score (nSPS) is 12.0. The highest BCUT2D eigenvalue weighted by Gasteiger charge is 2.24. The van der Waals surface area contributed by atoms with Crippen LogP contribution in [0.3, 0.4) is 0 Å². The van der Waals surface area contributed by atoms with E-state index in [0.717, 1.165) is 5.39 Å². The van der Waals surface area contributed by atoms with Gasteiger partial charge in [-0.05, 0) is 30.3 Å². The van der Waals surface area contributed by atoms with Crippen LogP contribution >= 0.6 is 0 Å². The average Bonchev–Trinajstić information content (AvgIpc) is 3.15. The van der Waals surface area contributed by atoms with E-state index < -0.39 is 17.9 Å². The van der Waals surface area contributed by atoms with Crippen LogP contribution in [0, 0.1) is 0 Å². The number of nitrogen functional groups attached to an aromatic ring is 1. The van der Waals surface area contributed by atoms with Gasteiger partial charge in [0.25, 0.3) is 5.91 Å². The summed E-state index contributed by atoms with van der Waals surface area (Å²) in [5, 5.41) is 4.28. The lowest BCUT2D eigenvalue weighted by atomic mass is 10.1. The molecule has 0 radical (unpaired) electrons. The first-order chi connectivity index (χ1) is 14.0. The van der Waals surface area contributed by atoms with E-state index in [1.54, 1.807) is 18.2 Å². The van der Waals surface area contributed by atoms with Crippen LogP contribution in [0.25, 0.3) is 21.9 Å². The van der Waals surface area contributed by atoms with Gasteiger partial charge in [0.15, 0.2) is 0 Å². The molecule has 0 bridgehead atoms. The van der Waals surface area contributed by atoms with Crippen LogP contribution in [0.2, 0.25) is 0 Å². The van der Waals surface area contributed by atoms with Gasteiger partial charge in [-0.25, -0.2) is 14.8 Å². The average molecular weight is 390 g/mol. The van der Waals surface area contributed by atoms with E-state index in [1.807, 2.05) is 30.3 Å². The Bertz CT molecular complexity index is 1180. The fraction of sp³-hybridized carbons (Fsp3) is 0.143. The van der Waals surface area contributed by atoms with Gasteiger partial charge in [-0.3, -0.25) is 4.79 Å². The molecule has 1 unspecified atom stereocenters. The summed E-state index contributed by atoms with van der Waals surface area (Å²) in [6.45, 7) is 0. The Morgan fingerprint density at radius 3 is 2.79 bits per heavy atom. The summed E-state index contributed by atoms with van der Waals surface area (Å²) in [6, 6.07) is 13.3. The second-order valence-corrected chi connectivity index (χ2v) is 6.49. The summed E-state index contributed by atoms with van der Waals surface area (Å²) >= 11 is 0. The first-order valence-corrected chi connectivity index (χ1v) is 8.91. The van der Waals surface area contributed by atoms with Crippen molar-refractivity contribution in [2.75, 3.05) is 12.8 Å². The van der Waals surface area contributed by atoms with E-state index >= 15 is 0 Å². The number of fused-ring (bicyclic) bond motifs is 2. The first kappa shape index (κ1) is 18.4. The van der Waals surface area contributed by atoms with Gasteiger partial charge in [0.1, 0.15) is 29.5 Å². The van der Waals surface area contributed by atoms with Crippen molar-refractivity contribution in [3.63, 3.8) is 0 Å². The summed E-state index contributed by atoms with van der Waals surface area (Å²) in [7, 11) is 1.27. The Morgan fingerprint density at radius 2 is 2.00 bits per heavy atom. The van der Waals surface area contributed by atoms with E-state index in [0.29, 0.717) is 33.6 Å². The molecule has 8 nitrogen and oxygen atoms in total. The van der Waals surface area contributed by atoms with Gasteiger partial charge in [-0.1, -0.05) is 18.2 Å². The number of benzene rings is 2. The Balaban J connectivity index is 1.57. The van der Waals surface area contributed by atoms with Crippen LogP contribution in [-0.4, -0.2) is 35.0 Å². The highest BCUT2D eigenvalue weighted by molar-refractivity contribution is 6.00. The number of nitrogens with zero attached hydrogens (tertiary/aromatic N) is 2. The van der Waals surface area contributed by atoms with Gasteiger partial charge in [-0.2, -0.15) is 0 Å². The number of furan rings is 1. The number of esters is 1. The minimum Gasteiger partial charge on any atom is -0.467 e. The molecular formula is C21H18N4O4. The third kappa shape index (κ3) is 3.73. The number of ether oxygens (including phenoxy) is 1. The second-order valence-electron chi connectivity index (χ2n) is 6.49. The molecule has 0 fully saturated rings. The predicted molar refractivity (Wildman–Crippen MR) is 107 cm³/mol. The van der Waals surface area contributed by atoms with E-state index in [9.17, 15) is 9.59 Å². The molecule has 8 heteroatoms. The third-order valence-electron chi connectivity index (χ3n) is 4.60. The molecule has 146 valence electrons. The minimum atomic E-state index is -0.903. The van der Waals surface area contributed by atoms with Crippen molar-refractivity contribution < 1.29 is 18.7 Å². The van der Waals surface area contributed by atoms with Crippen molar-refractivity contribution in [1.82, 2.24) is 15.3 Å². The topological polar surface area (TPSA) is 120 Å². The molecule has 1 amide bonds. The van der Waals surface area contributed by atoms with Gasteiger partial charge in [0, 0.05) is 22.8 Å². The highest BCUT2D eigenvalue weighted by Crippen LogP contribution is 2.21. The van der Waals surface area contributed by atoms with Crippen LogP contribution in [0.1, 0.15) is 16.1 Å². The number of carbonyl (C=O) groups excluding carboxylic acids is 2. The van der Waals surface area contributed by atoms with Crippen molar-refractivity contribution in [3.8, 4) is 0 Å². The molecule has 3 N–H and O–H groups in total. The molecule has 0 saturated carbocycles. The maximum absolute atomic E-state index is 12.7. The minimum absolute atomic E-state index is 0.162. The van der Waals surface area contributed by atoms with Crippen molar-refractivity contribution in [3.05, 3.63) is 66.2 Å². The zero-order valence-electron chi connectivity index (χ0n) is 15.6. The Kier molecular flexibility index (Phi) is 4.82. The molecule has 0 aliphatic carbocycles. The zero-order valence-corrected chi connectivity index (χ0v) is 15.6. The number of carbonyl (C=O) groups is 2. The van der Waals surface area contributed by atoms with Gasteiger partial charge >= 0.3 is 5.97 Å². The van der Waals surface area contributed by atoms with Crippen LogP contribution in [0.15, 0.2) is 59.3 Å². The molecule has 0 saturated heterocycles. The summed E-state index contributed by atoms with van der Waals surface area (Å²) in [5.41, 5.74) is 7.41. The number of anilines is 1. The molecule has 2 aromatic carbocycles. The highest BCUT2D eigenvalue weighted by atomic mass is 16.5. The molecule has 1 atom stereocenters. The molecular weight excluding hydrogens is 372 g/mol. The fourth-order valence-corrected chi connectivity index (χ4v) is 3.13. The third-order valence-corrected chi connectivity index (χ3v) is 4.60. The number of para-hydroxylation sites is 1. The molecule has 2 heterocycles. The number of hydrogen-bond acceptors (Lipinski definition) is 7. The van der Waals surface area contributed by atoms with Crippen molar-refractivity contribution in [1.29, 1.82) is 0 Å². The fourth-order valence-electron chi connectivity index (χ4n) is 3.13. The lowest BCUT2D eigenvalue weighted by Crippen LogP contribution is -2.43. The van der Waals surface area contributed by atoms with Gasteiger partial charge in [0.2, 0.25) is 0 Å². The smallest absolute Gasteiger partial charge is 0.328 e.